The quantitative estimate of drug-likeness (QED) is 0.491. The van der Waals surface area contributed by atoms with Gasteiger partial charge in [0, 0.05) is 18.0 Å². The van der Waals surface area contributed by atoms with Crippen molar-refractivity contribution in [2.75, 3.05) is 13.1 Å². The molecule has 1 aliphatic rings. The molecule has 1 fully saturated rings. The molecular formula is C18H25N5O4. The Hall–Kier alpha value is -2.93. The molecule has 2 atom stereocenters. The minimum Gasteiger partial charge on any atom is -0.445 e. The molecule has 1 heterocycles. The van der Waals surface area contributed by atoms with Gasteiger partial charge in [-0.3, -0.25) is 0 Å². The molecule has 1 aromatic carbocycles. The highest BCUT2D eigenvalue weighted by Gasteiger charge is 2.32. The molecule has 9 heteroatoms. The molecule has 0 unspecified atom stereocenters. The highest BCUT2D eigenvalue weighted by molar-refractivity contribution is 5.70. The van der Waals surface area contributed by atoms with Crippen LogP contribution < -0.4 is 5.32 Å². The van der Waals surface area contributed by atoms with Crippen LogP contribution in [0.1, 0.15) is 32.8 Å². The average molecular weight is 375 g/mol. The summed E-state index contributed by atoms with van der Waals surface area (Å²) in [5.41, 5.74) is 8.97. The average Bonchev–Trinajstić information content (AvgIpc) is 2.59. The van der Waals surface area contributed by atoms with Crippen molar-refractivity contribution in [2.45, 2.75) is 51.5 Å². The molecular weight excluding hydrogens is 350 g/mol. The molecule has 0 spiro atoms. The zero-order chi connectivity index (χ0) is 19.9. The summed E-state index contributed by atoms with van der Waals surface area (Å²) in [4.78, 5) is 28.7. The van der Waals surface area contributed by atoms with Crippen molar-refractivity contribution in [1.29, 1.82) is 0 Å². The third-order valence-electron chi connectivity index (χ3n) is 3.83. The van der Waals surface area contributed by atoms with Gasteiger partial charge in [0.25, 0.3) is 0 Å². The van der Waals surface area contributed by atoms with E-state index in [1.165, 1.54) is 4.90 Å². The third-order valence-corrected chi connectivity index (χ3v) is 3.83. The lowest BCUT2D eigenvalue weighted by Gasteiger charge is -2.35. The highest BCUT2D eigenvalue weighted by atomic mass is 16.6. The lowest BCUT2D eigenvalue weighted by molar-refractivity contribution is 0.0440. The molecule has 1 saturated heterocycles. The predicted molar refractivity (Wildman–Crippen MR) is 98.9 cm³/mol. The van der Waals surface area contributed by atoms with E-state index in [4.69, 9.17) is 15.0 Å². The monoisotopic (exact) mass is 375 g/mol. The summed E-state index contributed by atoms with van der Waals surface area (Å²) in [6.07, 6.45) is -0.675. The number of hydrogen-bond donors (Lipinski definition) is 1. The van der Waals surface area contributed by atoms with Crippen LogP contribution in [0.3, 0.4) is 0 Å². The van der Waals surface area contributed by atoms with E-state index < -0.39 is 29.9 Å². The molecule has 0 bridgehead atoms. The van der Waals surface area contributed by atoms with Gasteiger partial charge in [0.1, 0.15) is 12.2 Å². The number of benzene rings is 1. The molecule has 9 nitrogen and oxygen atoms in total. The van der Waals surface area contributed by atoms with Crippen LogP contribution in [0, 0.1) is 0 Å². The van der Waals surface area contributed by atoms with E-state index in [0.717, 1.165) is 5.56 Å². The van der Waals surface area contributed by atoms with E-state index in [1.807, 2.05) is 30.3 Å². The van der Waals surface area contributed by atoms with Crippen LogP contribution in [0.5, 0.6) is 0 Å². The Morgan fingerprint density at radius 1 is 1.30 bits per heavy atom. The second kappa shape index (κ2) is 9.14. The van der Waals surface area contributed by atoms with Crippen molar-refractivity contribution in [1.82, 2.24) is 10.2 Å². The first-order valence-corrected chi connectivity index (χ1v) is 8.76. The Morgan fingerprint density at radius 2 is 2.00 bits per heavy atom. The minimum atomic E-state index is -0.628. The fourth-order valence-corrected chi connectivity index (χ4v) is 2.77. The van der Waals surface area contributed by atoms with Crippen molar-refractivity contribution in [3.63, 3.8) is 0 Å². The fourth-order valence-electron chi connectivity index (χ4n) is 2.77. The standard InChI is InChI=1S/C18H25N5O4/c1-18(2,3)27-16(24)20-14-9-15(21-22-19)11-23(10-14)17(25)26-12-13-7-5-4-6-8-13/h4-8,14-15H,9-12H2,1-3H3,(H,20,24)/t14-,15-/m1/s1. The predicted octanol–water partition coefficient (Wildman–Crippen LogP) is 3.60. The molecule has 0 aromatic heterocycles. The first-order chi connectivity index (χ1) is 12.8. The van der Waals surface area contributed by atoms with E-state index >= 15 is 0 Å². The number of rotatable bonds is 4. The molecule has 0 radical (unpaired) electrons. The number of azide groups is 1. The summed E-state index contributed by atoms with van der Waals surface area (Å²) in [7, 11) is 0. The van der Waals surface area contributed by atoms with Gasteiger partial charge >= 0.3 is 12.2 Å². The molecule has 146 valence electrons. The third kappa shape index (κ3) is 7.07. The number of ether oxygens (including phenoxy) is 2. The SMILES string of the molecule is CC(C)(C)OC(=O)N[C@@H]1C[C@@H](N=[N+]=[N-])CN(C(=O)OCc2ccccc2)C1. The Balaban J connectivity index is 1.96. The Labute approximate surface area is 158 Å². The van der Waals surface area contributed by atoms with Gasteiger partial charge in [-0.1, -0.05) is 35.4 Å². The van der Waals surface area contributed by atoms with Gasteiger partial charge in [-0.15, -0.1) is 0 Å². The van der Waals surface area contributed by atoms with Crippen molar-refractivity contribution in [2.24, 2.45) is 5.11 Å². The molecule has 1 N–H and O–H groups in total. The second-order valence-electron chi connectivity index (χ2n) is 7.38. The van der Waals surface area contributed by atoms with Crippen molar-refractivity contribution < 1.29 is 19.1 Å². The number of carbonyl (C=O) groups is 2. The summed E-state index contributed by atoms with van der Waals surface area (Å²) in [6, 6.07) is 8.48. The molecule has 2 rings (SSSR count). The number of alkyl carbamates (subject to hydrolysis) is 1. The number of carbonyl (C=O) groups excluding carboxylic acids is 2. The van der Waals surface area contributed by atoms with Crippen LogP contribution >= 0.6 is 0 Å². The molecule has 0 aliphatic carbocycles. The zero-order valence-electron chi connectivity index (χ0n) is 15.8. The fraction of sp³-hybridized carbons (Fsp3) is 0.556. The van der Waals surface area contributed by atoms with Gasteiger partial charge in [-0.2, -0.15) is 0 Å². The maximum atomic E-state index is 12.4. The summed E-state index contributed by atoms with van der Waals surface area (Å²) >= 11 is 0. The van der Waals surface area contributed by atoms with E-state index in [0.29, 0.717) is 6.42 Å². The van der Waals surface area contributed by atoms with Crippen molar-refractivity contribution in [3.05, 3.63) is 46.3 Å². The van der Waals surface area contributed by atoms with Gasteiger partial charge in [-0.25, -0.2) is 9.59 Å². The number of nitrogens with zero attached hydrogens (tertiary/aromatic N) is 4. The Bertz CT molecular complexity index is 697. The molecule has 1 aromatic rings. The number of likely N-dealkylation sites (tertiary alicyclic amines) is 1. The lowest BCUT2D eigenvalue weighted by atomic mass is 10.0. The number of hydrogen-bond acceptors (Lipinski definition) is 5. The van der Waals surface area contributed by atoms with Crippen LogP contribution in [0.2, 0.25) is 0 Å². The first kappa shape index (κ1) is 20.4. The molecule has 27 heavy (non-hydrogen) atoms. The Kier molecular flexibility index (Phi) is 6.90. The number of amides is 2. The van der Waals surface area contributed by atoms with Crippen LogP contribution in [0.4, 0.5) is 9.59 Å². The summed E-state index contributed by atoms with van der Waals surface area (Å²) in [5.74, 6) is 0. The largest absolute Gasteiger partial charge is 0.445 e. The van der Waals surface area contributed by atoms with Gasteiger partial charge in [-0.05, 0) is 38.3 Å². The maximum Gasteiger partial charge on any atom is 0.410 e. The highest BCUT2D eigenvalue weighted by Crippen LogP contribution is 2.17. The van der Waals surface area contributed by atoms with Crippen LogP contribution in [0.25, 0.3) is 10.4 Å². The number of nitrogens with one attached hydrogen (secondary N) is 1. The summed E-state index contributed by atoms with van der Waals surface area (Å²) in [5, 5.41) is 6.43. The molecule has 0 saturated carbocycles. The first-order valence-electron chi connectivity index (χ1n) is 8.76. The van der Waals surface area contributed by atoms with Gasteiger partial charge < -0.3 is 19.7 Å². The minimum absolute atomic E-state index is 0.145. The van der Waals surface area contributed by atoms with E-state index in [2.05, 4.69) is 15.3 Å². The van der Waals surface area contributed by atoms with E-state index in [-0.39, 0.29) is 19.7 Å². The van der Waals surface area contributed by atoms with Crippen molar-refractivity contribution in [3.8, 4) is 0 Å². The zero-order valence-corrected chi connectivity index (χ0v) is 15.8. The summed E-state index contributed by atoms with van der Waals surface area (Å²) in [6.45, 7) is 5.94. The van der Waals surface area contributed by atoms with Crippen LogP contribution in [0.15, 0.2) is 35.4 Å². The number of piperidine rings is 1. The second-order valence-corrected chi connectivity index (χ2v) is 7.38. The van der Waals surface area contributed by atoms with E-state index in [9.17, 15) is 9.59 Å². The molecule has 2 amide bonds. The van der Waals surface area contributed by atoms with Crippen LogP contribution in [-0.2, 0) is 16.1 Å². The van der Waals surface area contributed by atoms with Gasteiger partial charge in [0.15, 0.2) is 0 Å². The van der Waals surface area contributed by atoms with Gasteiger partial charge in [0.05, 0.1) is 12.1 Å². The lowest BCUT2D eigenvalue weighted by Crippen LogP contribution is -2.54. The smallest absolute Gasteiger partial charge is 0.410 e. The van der Waals surface area contributed by atoms with E-state index in [1.54, 1.807) is 20.8 Å². The molecule has 1 aliphatic heterocycles. The van der Waals surface area contributed by atoms with Crippen LogP contribution in [-0.4, -0.2) is 47.9 Å². The van der Waals surface area contributed by atoms with Gasteiger partial charge in [0.2, 0.25) is 0 Å². The topological polar surface area (TPSA) is 117 Å². The Morgan fingerprint density at radius 3 is 2.63 bits per heavy atom. The summed E-state index contributed by atoms with van der Waals surface area (Å²) < 4.78 is 10.6. The maximum absolute atomic E-state index is 12.4. The normalized spacial score (nSPS) is 19.6. The van der Waals surface area contributed by atoms with Crippen molar-refractivity contribution >= 4 is 12.2 Å².